The summed E-state index contributed by atoms with van der Waals surface area (Å²) in [5.41, 5.74) is 1.37. The maximum Gasteiger partial charge on any atom is 0.150 e. The minimum Gasteiger partial charge on any atom is -0.306 e. The number of thiophene rings is 1. The van der Waals surface area contributed by atoms with E-state index in [1.807, 2.05) is 18.3 Å². The van der Waals surface area contributed by atoms with Crippen molar-refractivity contribution in [2.24, 2.45) is 5.41 Å². The van der Waals surface area contributed by atoms with Gasteiger partial charge in [-0.25, -0.2) is 18.4 Å². The fraction of sp³-hybridized carbons (Fsp3) is 0.727. The zero-order valence-electron chi connectivity index (χ0n) is 18.5. The second kappa shape index (κ2) is 8.64. The van der Waals surface area contributed by atoms with Gasteiger partial charge in [-0.3, -0.25) is 0 Å². The number of halogens is 1. The van der Waals surface area contributed by atoms with Crippen LogP contribution in [0.2, 0.25) is 0 Å². The predicted octanol–water partition coefficient (Wildman–Crippen LogP) is 5.16. The van der Waals surface area contributed by atoms with E-state index in [-0.39, 0.29) is 29.5 Å². The van der Waals surface area contributed by atoms with Crippen LogP contribution in [-0.2, 0) is 16.4 Å². The molecular weight excluding hydrogens is 438 g/mol. The zero-order valence-corrected chi connectivity index (χ0v) is 20.9. The molecule has 0 unspecified atom stereocenters. The summed E-state index contributed by atoms with van der Waals surface area (Å²) >= 11 is 1.83. The molecule has 8 heteroatoms. The van der Waals surface area contributed by atoms with Crippen LogP contribution in [0.1, 0.15) is 81.6 Å². The van der Waals surface area contributed by atoms with Crippen LogP contribution in [0.25, 0.3) is 10.2 Å². The van der Waals surface area contributed by atoms with Crippen LogP contribution in [0.15, 0.2) is 6.07 Å². The number of hydrogen-bond acceptors (Lipinski definition) is 6. The van der Waals surface area contributed by atoms with Crippen molar-refractivity contribution in [3.05, 3.63) is 22.5 Å². The molecule has 0 aromatic carbocycles. The molecule has 0 radical (unpaired) electrons. The highest BCUT2D eigenvalue weighted by molar-refractivity contribution is 7.91. The number of rotatable bonds is 4. The van der Waals surface area contributed by atoms with E-state index in [0.29, 0.717) is 30.7 Å². The molecule has 1 aliphatic carbocycles. The van der Waals surface area contributed by atoms with Crippen LogP contribution in [0.3, 0.4) is 0 Å². The first-order valence-corrected chi connectivity index (χ1v) is 13.4. The van der Waals surface area contributed by atoms with Crippen molar-refractivity contribution >= 4 is 43.8 Å². The summed E-state index contributed by atoms with van der Waals surface area (Å²) in [4.78, 5) is 12.0. The number of aryl methyl sites for hydroxylation is 1. The molecule has 30 heavy (non-hydrogen) atoms. The van der Waals surface area contributed by atoms with Crippen molar-refractivity contribution in [1.82, 2.24) is 15.3 Å². The Hall–Kier alpha value is -0.760. The van der Waals surface area contributed by atoms with Gasteiger partial charge in [0.05, 0.1) is 17.2 Å². The molecular formula is C22H34ClN3O2S2. The quantitative estimate of drug-likeness (QED) is 0.666. The molecule has 2 aromatic rings. The van der Waals surface area contributed by atoms with E-state index in [9.17, 15) is 8.42 Å². The van der Waals surface area contributed by atoms with Crippen LogP contribution >= 0.6 is 23.7 Å². The monoisotopic (exact) mass is 471 g/mol. The molecule has 4 rings (SSSR count). The molecule has 0 bridgehead atoms. The fourth-order valence-electron chi connectivity index (χ4n) is 4.60. The molecule has 1 saturated carbocycles. The van der Waals surface area contributed by atoms with E-state index >= 15 is 0 Å². The molecule has 1 N–H and O–H groups in total. The molecule has 2 aromatic heterocycles. The van der Waals surface area contributed by atoms with Crippen molar-refractivity contribution < 1.29 is 8.42 Å². The van der Waals surface area contributed by atoms with Crippen LogP contribution < -0.4 is 5.32 Å². The highest BCUT2D eigenvalue weighted by Crippen LogP contribution is 2.45. The summed E-state index contributed by atoms with van der Waals surface area (Å²) in [5, 5.41) is 4.79. The number of fused-ring (bicyclic) bond motifs is 1. The van der Waals surface area contributed by atoms with Gasteiger partial charge in [0, 0.05) is 22.3 Å². The first kappa shape index (κ1) is 23.9. The lowest BCUT2D eigenvalue weighted by Gasteiger charge is -2.34. The number of nitrogens with zero attached hydrogens (tertiary/aromatic N) is 2. The second-order valence-electron chi connectivity index (χ2n) is 10.1. The van der Waals surface area contributed by atoms with E-state index < -0.39 is 9.84 Å². The number of hydrogen-bond donors (Lipinski definition) is 1. The molecule has 5 nitrogen and oxygen atoms in total. The molecule has 3 heterocycles. The maximum atomic E-state index is 11.8. The Labute approximate surface area is 190 Å². The summed E-state index contributed by atoms with van der Waals surface area (Å²) in [6, 6.07) is 2.33. The van der Waals surface area contributed by atoms with Crippen LogP contribution in [-0.4, -0.2) is 35.4 Å². The van der Waals surface area contributed by atoms with E-state index in [0.717, 1.165) is 16.3 Å². The number of aromatic nitrogens is 2. The average molecular weight is 472 g/mol. The van der Waals surface area contributed by atoms with Gasteiger partial charge in [0.1, 0.15) is 20.5 Å². The largest absolute Gasteiger partial charge is 0.306 e. The van der Waals surface area contributed by atoms with E-state index in [1.54, 1.807) is 0 Å². The summed E-state index contributed by atoms with van der Waals surface area (Å²) in [5.74, 6) is 2.00. The van der Waals surface area contributed by atoms with E-state index in [1.165, 1.54) is 35.9 Å². The van der Waals surface area contributed by atoms with Gasteiger partial charge in [-0.2, -0.15) is 0 Å². The third kappa shape index (κ3) is 5.34. The van der Waals surface area contributed by atoms with Gasteiger partial charge in [0.25, 0.3) is 0 Å². The first-order chi connectivity index (χ1) is 13.5. The highest BCUT2D eigenvalue weighted by Gasteiger charge is 2.33. The molecule has 0 spiro atoms. The maximum absolute atomic E-state index is 11.8. The third-order valence-electron chi connectivity index (χ3n) is 6.96. The predicted molar refractivity (Wildman–Crippen MR) is 128 cm³/mol. The summed E-state index contributed by atoms with van der Waals surface area (Å²) < 4.78 is 23.6. The van der Waals surface area contributed by atoms with Gasteiger partial charge in [0.2, 0.25) is 0 Å². The minimum absolute atomic E-state index is 0. The molecule has 2 fully saturated rings. The summed E-state index contributed by atoms with van der Waals surface area (Å²) in [6.45, 7) is 9.51. The lowest BCUT2D eigenvalue weighted by Crippen LogP contribution is -2.48. The number of sulfone groups is 1. The lowest BCUT2D eigenvalue weighted by molar-refractivity contribution is 0.226. The van der Waals surface area contributed by atoms with E-state index in [4.69, 9.17) is 9.97 Å². The standard InChI is InChI=1S/C22H33N3O2S2.ClH/c1-15-24-18(14-23-22(4)9-11-29(26,27)12-10-22)17-13-19(28-20(17)25-15)16-5-7-21(2,3)8-6-16;/h13,16,23H,5-12,14H2,1-4H3;1H. The van der Waals surface area contributed by atoms with E-state index in [2.05, 4.69) is 32.2 Å². The van der Waals surface area contributed by atoms with Gasteiger partial charge >= 0.3 is 0 Å². The van der Waals surface area contributed by atoms with Crippen molar-refractivity contribution in [1.29, 1.82) is 0 Å². The smallest absolute Gasteiger partial charge is 0.150 e. The summed E-state index contributed by atoms with van der Waals surface area (Å²) in [7, 11) is -2.86. The second-order valence-corrected chi connectivity index (χ2v) is 13.5. The Balaban J connectivity index is 0.00000256. The molecule has 0 amide bonds. The van der Waals surface area contributed by atoms with Crippen LogP contribution in [0.4, 0.5) is 0 Å². The normalized spacial score (nSPS) is 23.2. The number of nitrogens with one attached hydrogen (secondary N) is 1. The SMILES string of the molecule is Cc1nc(CNC2(C)CCS(=O)(=O)CC2)c2cc(C3CCC(C)(C)CC3)sc2n1.Cl. The van der Waals surface area contributed by atoms with Crippen molar-refractivity contribution in [2.45, 2.75) is 84.2 Å². The molecule has 1 aliphatic heterocycles. The van der Waals surface area contributed by atoms with Crippen molar-refractivity contribution in [3.63, 3.8) is 0 Å². The third-order valence-corrected chi connectivity index (χ3v) is 9.80. The first-order valence-electron chi connectivity index (χ1n) is 10.8. The van der Waals surface area contributed by atoms with Gasteiger partial charge in [-0.15, -0.1) is 23.7 Å². The lowest BCUT2D eigenvalue weighted by atomic mass is 9.73. The topological polar surface area (TPSA) is 72.0 Å². The minimum atomic E-state index is -2.86. The Morgan fingerprint density at radius 1 is 1.10 bits per heavy atom. The Bertz CT molecular complexity index is 993. The molecule has 168 valence electrons. The Morgan fingerprint density at radius 2 is 1.73 bits per heavy atom. The Kier molecular flexibility index (Phi) is 6.88. The van der Waals surface area contributed by atoms with Crippen LogP contribution in [0, 0.1) is 12.3 Å². The molecule has 2 aliphatic rings. The fourth-order valence-corrected chi connectivity index (χ4v) is 7.59. The van der Waals surface area contributed by atoms with Gasteiger partial charge in [0.15, 0.2) is 0 Å². The zero-order chi connectivity index (χ0) is 20.9. The molecule has 1 saturated heterocycles. The average Bonchev–Trinajstić information content (AvgIpc) is 3.06. The van der Waals surface area contributed by atoms with Gasteiger partial charge < -0.3 is 5.32 Å². The highest BCUT2D eigenvalue weighted by atomic mass is 35.5. The molecule has 0 atom stereocenters. The van der Waals surface area contributed by atoms with Crippen molar-refractivity contribution in [3.8, 4) is 0 Å². The van der Waals surface area contributed by atoms with Gasteiger partial charge in [-0.1, -0.05) is 13.8 Å². The summed E-state index contributed by atoms with van der Waals surface area (Å²) in [6.07, 6.45) is 6.40. The Morgan fingerprint density at radius 3 is 2.37 bits per heavy atom. The van der Waals surface area contributed by atoms with Crippen LogP contribution in [0.5, 0.6) is 0 Å². The van der Waals surface area contributed by atoms with Gasteiger partial charge in [-0.05, 0) is 69.8 Å². The van der Waals surface area contributed by atoms with Crippen molar-refractivity contribution in [2.75, 3.05) is 11.5 Å².